The van der Waals surface area contributed by atoms with Crippen molar-refractivity contribution >= 4 is 17.5 Å². The van der Waals surface area contributed by atoms with Crippen LogP contribution in [0.25, 0.3) is 0 Å². The highest BCUT2D eigenvalue weighted by atomic mass is 16.2. The van der Waals surface area contributed by atoms with Crippen LogP contribution >= 0.6 is 0 Å². The standard InChI is InChI=1S/C22H23N3O2/c1-15(2)25(14-16-8-4-3-5-9-16)22(27)19-12-18(19)21(26)24-20-11-7-6-10-17(20)13-23/h3-11,15,18-19H,12,14H2,1-2H3,(H,24,26). The van der Waals surface area contributed by atoms with Crippen LogP contribution < -0.4 is 5.32 Å². The topological polar surface area (TPSA) is 73.2 Å². The first-order chi connectivity index (χ1) is 13.0. The first-order valence-corrected chi connectivity index (χ1v) is 9.15. The Morgan fingerprint density at radius 1 is 1.11 bits per heavy atom. The zero-order valence-corrected chi connectivity index (χ0v) is 15.6. The molecular weight excluding hydrogens is 338 g/mol. The number of carbonyl (C=O) groups is 2. The predicted molar refractivity (Wildman–Crippen MR) is 104 cm³/mol. The van der Waals surface area contributed by atoms with E-state index in [1.165, 1.54) is 0 Å². The van der Waals surface area contributed by atoms with Gasteiger partial charge < -0.3 is 10.2 Å². The minimum absolute atomic E-state index is 0.0163. The van der Waals surface area contributed by atoms with E-state index in [4.69, 9.17) is 5.26 Å². The average Bonchev–Trinajstić information content (AvgIpc) is 3.47. The van der Waals surface area contributed by atoms with Crippen LogP contribution in [0.2, 0.25) is 0 Å². The van der Waals surface area contributed by atoms with Gasteiger partial charge in [0.05, 0.1) is 23.1 Å². The maximum Gasteiger partial charge on any atom is 0.228 e. The second kappa shape index (κ2) is 8.05. The lowest BCUT2D eigenvalue weighted by Crippen LogP contribution is -2.38. The number of rotatable bonds is 6. The Hall–Kier alpha value is -3.13. The van der Waals surface area contributed by atoms with Crippen LogP contribution in [-0.2, 0) is 16.1 Å². The number of hydrogen-bond acceptors (Lipinski definition) is 3. The van der Waals surface area contributed by atoms with E-state index in [2.05, 4.69) is 11.4 Å². The van der Waals surface area contributed by atoms with Crippen molar-refractivity contribution in [3.05, 3.63) is 65.7 Å². The predicted octanol–water partition coefficient (Wildman–Crippen LogP) is 3.57. The highest BCUT2D eigenvalue weighted by molar-refractivity contribution is 6.00. The maximum atomic E-state index is 12.9. The fraction of sp³-hybridized carbons (Fsp3) is 0.318. The average molecular weight is 361 g/mol. The summed E-state index contributed by atoms with van der Waals surface area (Å²) in [6, 6.07) is 18.9. The summed E-state index contributed by atoms with van der Waals surface area (Å²) in [7, 11) is 0. The lowest BCUT2D eigenvalue weighted by atomic mass is 10.1. The highest BCUT2D eigenvalue weighted by Gasteiger charge is 2.49. The lowest BCUT2D eigenvalue weighted by molar-refractivity contribution is -0.136. The van der Waals surface area contributed by atoms with Crippen molar-refractivity contribution in [3.8, 4) is 6.07 Å². The van der Waals surface area contributed by atoms with Gasteiger partial charge in [-0.3, -0.25) is 9.59 Å². The minimum atomic E-state index is -0.332. The van der Waals surface area contributed by atoms with E-state index in [0.29, 0.717) is 24.2 Å². The van der Waals surface area contributed by atoms with Crippen molar-refractivity contribution in [2.75, 3.05) is 5.32 Å². The molecule has 2 unspecified atom stereocenters. The van der Waals surface area contributed by atoms with Gasteiger partial charge in [-0.05, 0) is 38.0 Å². The van der Waals surface area contributed by atoms with E-state index in [0.717, 1.165) is 5.56 Å². The largest absolute Gasteiger partial charge is 0.336 e. The molecule has 1 N–H and O–H groups in total. The molecule has 1 saturated carbocycles. The molecule has 138 valence electrons. The molecule has 0 bridgehead atoms. The van der Waals surface area contributed by atoms with Crippen LogP contribution in [0.1, 0.15) is 31.4 Å². The molecule has 1 fully saturated rings. The Morgan fingerprint density at radius 2 is 1.78 bits per heavy atom. The molecule has 2 aromatic rings. The molecule has 2 aromatic carbocycles. The van der Waals surface area contributed by atoms with Crippen LogP contribution in [0.3, 0.4) is 0 Å². The molecule has 5 nitrogen and oxygen atoms in total. The van der Waals surface area contributed by atoms with E-state index in [9.17, 15) is 9.59 Å². The SMILES string of the molecule is CC(C)N(Cc1ccccc1)C(=O)C1CC1C(=O)Nc1ccccc1C#N. The number of hydrogen-bond donors (Lipinski definition) is 1. The molecule has 0 heterocycles. The summed E-state index contributed by atoms with van der Waals surface area (Å²) in [5.74, 6) is -0.798. The molecule has 0 spiro atoms. The summed E-state index contributed by atoms with van der Waals surface area (Å²) in [6.45, 7) is 4.52. The van der Waals surface area contributed by atoms with Crippen LogP contribution in [0.5, 0.6) is 0 Å². The van der Waals surface area contributed by atoms with Gasteiger partial charge in [0.25, 0.3) is 0 Å². The van der Waals surface area contributed by atoms with E-state index in [1.807, 2.05) is 49.1 Å². The van der Waals surface area contributed by atoms with Gasteiger partial charge in [0.1, 0.15) is 6.07 Å². The van der Waals surface area contributed by atoms with E-state index >= 15 is 0 Å². The number of nitriles is 1. The van der Waals surface area contributed by atoms with Gasteiger partial charge in [-0.1, -0.05) is 42.5 Å². The van der Waals surface area contributed by atoms with E-state index < -0.39 is 0 Å². The van der Waals surface area contributed by atoms with Crippen LogP contribution in [0.4, 0.5) is 5.69 Å². The molecular formula is C22H23N3O2. The normalized spacial score (nSPS) is 17.9. The molecule has 1 aliphatic rings. The summed E-state index contributed by atoms with van der Waals surface area (Å²) in [4.78, 5) is 27.3. The van der Waals surface area contributed by atoms with Crippen molar-refractivity contribution in [1.82, 2.24) is 4.90 Å². The maximum absolute atomic E-state index is 12.9. The summed E-state index contributed by atoms with van der Waals surface area (Å²) < 4.78 is 0. The molecule has 1 aliphatic carbocycles. The smallest absolute Gasteiger partial charge is 0.228 e. The molecule has 5 heteroatoms. The monoisotopic (exact) mass is 361 g/mol. The van der Waals surface area contributed by atoms with Gasteiger partial charge in [-0.15, -0.1) is 0 Å². The molecule has 0 aliphatic heterocycles. The van der Waals surface area contributed by atoms with Crippen molar-refractivity contribution < 1.29 is 9.59 Å². The second-order valence-corrected chi connectivity index (χ2v) is 7.14. The van der Waals surface area contributed by atoms with Crippen molar-refractivity contribution in [1.29, 1.82) is 5.26 Å². The van der Waals surface area contributed by atoms with Crippen LogP contribution in [0, 0.1) is 23.2 Å². The summed E-state index contributed by atoms with van der Waals surface area (Å²) in [6.07, 6.45) is 0.553. The molecule has 3 rings (SSSR count). The first kappa shape index (κ1) is 18.7. The first-order valence-electron chi connectivity index (χ1n) is 9.15. The fourth-order valence-electron chi connectivity index (χ4n) is 3.18. The number of nitrogens with zero attached hydrogens (tertiary/aromatic N) is 2. The number of nitrogens with one attached hydrogen (secondary N) is 1. The van der Waals surface area contributed by atoms with Gasteiger partial charge in [-0.2, -0.15) is 5.26 Å². The van der Waals surface area contributed by atoms with E-state index in [-0.39, 0.29) is 29.7 Å². The Morgan fingerprint density at radius 3 is 2.44 bits per heavy atom. The van der Waals surface area contributed by atoms with Crippen molar-refractivity contribution in [3.63, 3.8) is 0 Å². The number of benzene rings is 2. The third-order valence-electron chi connectivity index (χ3n) is 4.85. The Labute approximate surface area is 159 Å². The number of anilines is 1. The quantitative estimate of drug-likeness (QED) is 0.855. The Kier molecular flexibility index (Phi) is 5.56. The van der Waals surface area contributed by atoms with Gasteiger partial charge >= 0.3 is 0 Å². The second-order valence-electron chi connectivity index (χ2n) is 7.14. The minimum Gasteiger partial charge on any atom is -0.336 e. The molecule has 0 radical (unpaired) electrons. The van der Waals surface area contributed by atoms with E-state index in [1.54, 1.807) is 24.3 Å². The molecule has 0 aromatic heterocycles. The van der Waals surface area contributed by atoms with Crippen molar-refractivity contribution in [2.45, 2.75) is 32.9 Å². The highest BCUT2D eigenvalue weighted by Crippen LogP contribution is 2.41. The summed E-state index contributed by atoms with van der Waals surface area (Å²) in [5.41, 5.74) is 1.99. The Bertz CT molecular complexity index is 871. The van der Waals surface area contributed by atoms with Gasteiger partial charge in [0, 0.05) is 12.6 Å². The van der Waals surface area contributed by atoms with Crippen molar-refractivity contribution in [2.24, 2.45) is 11.8 Å². The molecule has 2 atom stereocenters. The number of amides is 2. The Balaban J connectivity index is 1.64. The zero-order chi connectivity index (χ0) is 19.4. The third kappa shape index (κ3) is 4.35. The summed E-state index contributed by atoms with van der Waals surface area (Å²) in [5, 5.41) is 11.9. The molecule has 0 saturated heterocycles. The summed E-state index contributed by atoms with van der Waals surface area (Å²) >= 11 is 0. The molecule has 27 heavy (non-hydrogen) atoms. The van der Waals surface area contributed by atoms with Crippen LogP contribution in [-0.4, -0.2) is 22.8 Å². The zero-order valence-electron chi connectivity index (χ0n) is 15.6. The fourth-order valence-corrected chi connectivity index (χ4v) is 3.18. The number of carbonyl (C=O) groups excluding carboxylic acids is 2. The van der Waals surface area contributed by atoms with Gasteiger partial charge in [-0.25, -0.2) is 0 Å². The third-order valence-corrected chi connectivity index (χ3v) is 4.85. The number of para-hydroxylation sites is 1. The molecule has 2 amide bonds. The van der Waals surface area contributed by atoms with Crippen LogP contribution in [0.15, 0.2) is 54.6 Å². The lowest BCUT2D eigenvalue weighted by Gasteiger charge is -2.27. The van der Waals surface area contributed by atoms with Gasteiger partial charge in [0.15, 0.2) is 0 Å². The van der Waals surface area contributed by atoms with Gasteiger partial charge in [0.2, 0.25) is 11.8 Å².